The number of aromatic nitrogens is 1. The van der Waals surface area contributed by atoms with Gasteiger partial charge in [-0.1, -0.05) is 12.1 Å². The van der Waals surface area contributed by atoms with Gasteiger partial charge in [0.15, 0.2) is 0 Å². The fraction of sp³-hybridized carbons (Fsp3) is 0.0714. The Balaban J connectivity index is 2.39. The molecule has 2 rings (SSSR count). The molecule has 4 heteroatoms. The number of carbonyl (C=O) groups is 1. The highest BCUT2D eigenvalue weighted by Crippen LogP contribution is 2.24. The second kappa shape index (κ2) is 5.31. The number of amides is 2. The number of nitrogens with zero attached hydrogens (tertiary/aromatic N) is 2. The molecule has 1 aromatic carbocycles. The number of hydrogen-bond donors (Lipinski definition) is 1. The third-order valence-electron chi connectivity index (χ3n) is 2.62. The summed E-state index contributed by atoms with van der Waals surface area (Å²) in [4.78, 5) is 16.9. The van der Waals surface area contributed by atoms with Gasteiger partial charge < -0.3 is 5.73 Å². The number of nitrogens with two attached hydrogens (primary N) is 1. The second-order valence-electron chi connectivity index (χ2n) is 3.80. The summed E-state index contributed by atoms with van der Waals surface area (Å²) >= 11 is 0. The van der Waals surface area contributed by atoms with Crippen molar-refractivity contribution in [1.82, 2.24) is 4.98 Å². The first-order chi connectivity index (χ1) is 8.72. The Bertz CT molecular complexity index is 522. The Morgan fingerprint density at radius 1 is 1.11 bits per heavy atom. The van der Waals surface area contributed by atoms with Crippen molar-refractivity contribution in [2.45, 2.75) is 6.42 Å². The minimum atomic E-state index is -0.524. The molecule has 1 heterocycles. The van der Waals surface area contributed by atoms with Crippen molar-refractivity contribution in [1.29, 1.82) is 0 Å². The van der Waals surface area contributed by atoms with Gasteiger partial charge >= 0.3 is 6.03 Å². The zero-order valence-corrected chi connectivity index (χ0v) is 9.91. The maximum absolute atomic E-state index is 11.6. The Labute approximate surface area is 106 Å². The summed E-state index contributed by atoms with van der Waals surface area (Å²) in [6.45, 7) is 3.81. The monoisotopic (exact) mass is 240 g/mol. The Morgan fingerprint density at radius 2 is 1.67 bits per heavy atom. The summed E-state index contributed by atoms with van der Waals surface area (Å²) < 4.78 is 0. The van der Waals surface area contributed by atoms with Gasteiger partial charge in [0.05, 0.1) is 11.4 Å². The smallest absolute Gasteiger partial charge is 0.323 e. The fourth-order valence-corrected chi connectivity index (χ4v) is 1.71. The van der Waals surface area contributed by atoms with Crippen LogP contribution in [-0.2, 0) is 6.42 Å². The highest BCUT2D eigenvalue weighted by atomic mass is 16.2. The van der Waals surface area contributed by atoms with Crippen molar-refractivity contribution >= 4 is 17.4 Å². The zero-order valence-electron chi connectivity index (χ0n) is 9.91. The molecule has 0 unspecified atom stereocenters. The molecule has 0 saturated heterocycles. The van der Waals surface area contributed by atoms with Gasteiger partial charge in [0.25, 0.3) is 0 Å². The van der Waals surface area contributed by atoms with Crippen molar-refractivity contribution in [3.8, 4) is 0 Å². The second-order valence-corrected chi connectivity index (χ2v) is 3.80. The lowest BCUT2D eigenvalue weighted by atomic mass is 10.1. The van der Waals surface area contributed by atoms with Crippen molar-refractivity contribution in [3.63, 3.8) is 0 Å². The van der Waals surface area contributed by atoms with Gasteiger partial charge in [0.1, 0.15) is 0 Å². The molecule has 91 valence electrons. The minimum Gasteiger partial charge on any atom is -0.351 e. The van der Waals surface area contributed by atoms with Gasteiger partial charge in [-0.15, -0.1) is 0 Å². The van der Waals surface area contributed by atoms with E-state index in [9.17, 15) is 4.79 Å². The van der Waals surface area contributed by atoms with Crippen LogP contribution in [0, 0.1) is 6.92 Å². The predicted molar refractivity (Wildman–Crippen MR) is 71.5 cm³/mol. The van der Waals surface area contributed by atoms with E-state index in [1.807, 2.05) is 24.3 Å². The lowest BCUT2D eigenvalue weighted by molar-refractivity contribution is 0.256. The minimum absolute atomic E-state index is 0.524. The third-order valence-corrected chi connectivity index (χ3v) is 2.62. The number of anilines is 2. The van der Waals surface area contributed by atoms with Crippen LogP contribution in [0.5, 0.6) is 0 Å². The molecule has 0 aliphatic carbocycles. The molecule has 1 radical (unpaired) electrons. The van der Waals surface area contributed by atoms with Gasteiger partial charge in [0.2, 0.25) is 0 Å². The number of primary amides is 1. The van der Waals surface area contributed by atoms with E-state index in [2.05, 4.69) is 11.9 Å². The summed E-state index contributed by atoms with van der Waals surface area (Å²) in [6.07, 6.45) is 3.96. The largest absolute Gasteiger partial charge is 0.351 e. The Morgan fingerprint density at radius 3 is 2.17 bits per heavy atom. The molecule has 2 N–H and O–H groups in total. The lowest BCUT2D eigenvalue weighted by Crippen LogP contribution is -2.31. The molecule has 2 aromatic rings. The molecular formula is C14H14N3O. The first-order valence-corrected chi connectivity index (χ1v) is 5.60. The SMILES string of the molecule is [CH2]Cc1ccc(N(C(N)=O)c2ccncc2)cc1. The zero-order chi connectivity index (χ0) is 13.0. The molecule has 18 heavy (non-hydrogen) atoms. The fourth-order valence-electron chi connectivity index (χ4n) is 1.71. The summed E-state index contributed by atoms with van der Waals surface area (Å²) in [5.74, 6) is 0. The maximum atomic E-state index is 11.6. The molecule has 2 amide bonds. The van der Waals surface area contributed by atoms with Crippen LogP contribution in [0.2, 0.25) is 0 Å². The molecule has 0 aliphatic heterocycles. The van der Waals surface area contributed by atoms with Crippen molar-refractivity contribution < 1.29 is 4.79 Å². The average molecular weight is 240 g/mol. The first-order valence-electron chi connectivity index (χ1n) is 5.60. The van der Waals surface area contributed by atoms with Crippen LogP contribution in [0.4, 0.5) is 16.2 Å². The molecular weight excluding hydrogens is 226 g/mol. The van der Waals surface area contributed by atoms with Crippen LogP contribution in [0.1, 0.15) is 5.56 Å². The molecule has 0 fully saturated rings. The highest BCUT2D eigenvalue weighted by Gasteiger charge is 2.14. The van der Waals surface area contributed by atoms with Gasteiger partial charge in [0, 0.05) is 12.4 Å². The Kier molecular flexibility index (Phi) is 3.57. The van der Waals surface area contributed by atoms with Crippen LogP contribution in [0.25, 0.3) is 0 Å². The van der Waals surface area contributed by atoms with E-state index in [1.54, 1.807) is 24.5 Å². The van der Waals surface area contributed by atoms with Crippen LogP contribution in [0.15, 0.2) is 48.8 Å². The van der Waals surface area contributed by atoms with Gasteiger partial charge in [-0.2, -0.15) is 0 Å². The molecule has 0 bridgehead atoms. The summed E-state index contributed by atoms with van der Waals surface area (Å²) in [5.41, 5.74) is 7.96. The molecule has 4 nitrogen and oxygen atoms in total. The first kappa shape index (κ1) is 12.1. The number of pyridine rings is 1. The summed E-state index contributed by atoms with van der Waals surface area (Å²) in [6, 6.07) is 10.5. The predicted octanol–water partition coefficient (Wildman–Crippen LogP) is 2.67. The number of hydrogen-bond acceptors (Lipinski definition) is 2. The van der Waals surface area contributed by atoms with E-state index >= 15 is 0 Å². The van der Waals surface area contributed by atoms with E-state index in [0.29, 0.717) is 12.1 Å². The number of rotatable bonds is 3. The van der Waals surface area contributed by atoms with Crippen molar-refractivity contribution in [2.75, 3.05) is 4.90 Å². The standard InChI is InChI=1S/C14H14N3O/c1-2-11-3-5-12(6-4-11)17(14(15)18)13-7-9-16-10-8-13/h3-10H,1-2H2,(H2,15,18). The van der Waals surface area contributed by atoms with Crippen LogP contribution >= 0.6 is 0 Å². The van der Waals surface area contributed by atoms with Crippen molar-refractivity contribution in [3.05, 3.63) is 61.3 Å². The van der Waals surface area contributed by atoms with Crippen LogP contribution in [0.3, 0.4) is 0 Å². The molecule has 1 aromatic heterocycles. The summed E-state index contributed by atoms with van der Waals surface area (Å²) in [5, 5.41) is 0. The number of urea groups is 1. The lowest BCUT2D eigenvalue weighted by Gasteiger charge is -2.20. The van der Waals surface area contributed by atoms with E-state index in [4.69, 9.17) is 5.73 Å². The van der Waals surface area contributed by atoms with Gasteiger partial charge in [-0.3, -0.25) is 9.88 Å². The normalized spacial score (nSPS) is 10.1. The number of benzene rings is 1. The molecule has 0 aliphatic rings. The third kappa shape index (κ3) is 2.48. The quantitative estimate of drug-likeness (QED) is 0.896. The number of carbonyl (C=O) groups excluding carboxylic acids is 1. The maximum Gasteiger partial charge on any atom is 0.323 e. The van der Waals surface area contributed by atoms with Gasteiger partial charge in [-0.05, 0) is 43.2 Å². The molecule has 0 saturated carbocycles. The van der Waals surface area contributed by atoms with Crippen LogP contribution < -0.4 is 10.6 Å². The average Bonchev–Trinajstić information content (AvgIpc) is 2.40. The highest BCUT2D eigenvalue weighted by molar-refractivity contribution is 5.98. The van der Waals surface area contributed by atoms with E-state index in [0.717, 1.165) is 11.3 Å². The van der Waals surface area contributed by atoms with Crippen LogP contribution in [-0.4, -0.2) is 11.0 Å². The van der Waals surface area contributed by atoms with Crippen molar-refractivity contribution in [2.24, 2.45) is 5.73 Å². The topological polar surface area (TPSA) is 59.2 Å². The molecule has 0 spiro atoms. The van der Waals surface area contributed by atoms with Gasteiger partial charge in [-0.25, -0.2) is 4.79 Å². The van der Waals surface area contributed by atoms with E-state index in [1.165, 1.54) is 4.90 Å². The Hall–Kier alpha value is -2.36. The van der Waals surface area contributed by atoms with E-state index in [-0.39, 0.29) is 0 Å². The molecule has 0 atom stereocenters. The van der Waals surface area contributed by atoms with E-state index < -0.39 is 6.03 Å². The summed E-state index contributed by atoms with van der Waals surface area (Å²) in [7, 11) is 0.